The Bertz CT molecular complexity index is 1410. The topological polar surface area (TPSA) is 65.1 Å². The molecule has 3 atom stereocenters. The zero-order chi connectivity index (χ0) is 23.8. The molecule has 1 saturated carbocycles. The van der Waals surface area contributed by atoms with Crippen LogP contribution >= 0.6 is 0 Å². The Kier molecular flexibility index (Phi) is 4.58. The van der Waals surface area contributed by atoms with Gasteiger partial charge in [0.1, 0.15) is 17.4 Å². The number of hydrogen-bond acceptors (Lipinski definition) is 4. The molecule has 4 aromatic rings. The summed E-state index contributed by atoms with van der Waals surface area (Å²) in [6.07, 6.45) is 4.18. The summed E-state index contributed by atoms with van der Waals surface area (Å²) in [5.74, 6) is 1.05. The molecule has 2 aromatic carbocycles. The third-order valence-corrected chi connectivity index (χ3v) is 6.61. The highest BCUT2D eigenvalue weighted by Crippen LogP contribution is 2.63. The molecule has 3 heterocycles. The van der Waals surface area contributed by atoms with Crippen LogP contribution in [0.5, 0.6) is 5.75 Å². The van der Waals surface area contributed by atoms with Gasteiger partial charge in [0.25, 0.3) is 0 Å². The first-order valence-electron chi connectivity index (χ1n) is 11.2. The molecule has 1 unspecified atom stereocenters. The van der Waals surface area contributed by atoms with E-state index in [-0.39, 0.29) is 30.2 Å². The first kappa shape index (κ1) is 21.2. The number of ether oxygens (including phenoxy) is 1. The summed E-state index contributed by atoms with van der Waals surface area (Å²) >= 11 is 0. The Morgan fingerprint density at radius 2 is 2.03 bits per heavy atom. The van der Waals surface area contributed by atoms with Crippen molar-refractivity contribution in [2.75, 3.05) is 0 Å². The van der Waals surface area contributed by atoms with E-state index in [2.05, 4.69) is 5.10 Å². The second-order valence-corrected chi connectivity index (χ2v) is 9.77. The minimum absolute atomic E-state index is 0.151. The van der Waals surface area contributed by atoms with Crippen molar-refractivity contribution in [3.05, 3.63) is 66.0 Å². The lowest BCUT2D eigenvalue weighted by atomic mass is 10.0. The summed E-state index contributed by atoms with van der Waals surface area (Å²) in [6, 6.07) is 9.80. The molecule has 0 amide bonds. The van der Waals surface area contributed by atoms with E-state index in [1.165, 1.54) is 6.07 Å². The summed E-state index contributed by atoms with van der Waals surface area (Å²) in [4.78, 5) is 4.71. The number of nitrogens with zero attached hydrogens (tertiary/aromatic N) is 4. The van der Waals surface area contributed by atoms with Crippen LogP contribution in [0.2, 0.25) is 0 Å². The molecule has 0 saturated heterocycles. The van der Waals surface area contributed by atoms with E-state index in [4.69, 9.17) is 9.72 Å². The fraction of sp³-hybridized carbons (Fsp3) is 0.360. The molecule has 6 nitrogen and oxygen atoms in total. The van der Waals surface area contributed by atoms with Gasteiger partial charge in [-0.3, -0.25) is 4.68 Å². The number of imidazole rings is 1. The minimum atomic E-state index is -2.92. The summed E-state index contributed by atoms with van der Waals surface area (Å²) in [7, 11) is 0. The van der Waals surface area contributed by atoms with Crippen molar-refractivity contribution in [2.45, 2.75) is 51.0 Å². The van der Waals surface area contributed by atoms with Gasteiger partial charge in [-0.25, -0.2) is 9.37 Å². The van der Waals surface area contributed by atoms with Gasteiger partial charge in [0, 0.05) is 34.9 Å². The van der Waals surface area contributed by atoms with Crippen molar-refractivity contribution in [3.8, 4) is 16.9 Å². The summed E-state index contributed by atoms with van der Waals surface area (Å²) < 4.78 is 49.7. The highest BCUT2D eigenvalue weighted by molar-refractivity contribution is 5.84. The van der Waals surface area contributed by atoms with Crippen LogP contribution in [0.1, 0.15) is 43.6 Å². The quantitative estimate of drug-likeness (QED) is 0.427. The Balaban J connectivity index is 1.46. The van der Waals surface area contributed by atoms with Crippen molar-refractivity contribution in [1.29, 1.82) is 0 Å². The zero-order valence-electron chi connectivity index (χ0n) is 18.6. The number of aromatic nitrogens is 4. The van der Waals surface area contributed by atoms with Gasteiger partial charge in [-0.05, 0) is 38.3 Å². The smallest absolute Gasteiger partial charge is 0.387 e. The first-order valence-corrected chi connectivity index (χ1v) is 11.2. The van der Waals surface area contributed by atoms with Crippen LogP contribution in [0.25, 0.3) is 22.2 Å². The second-order valence-electron chi connectivity index (χ2n) is 9.77. The van der Waals surface area contributed by atoms with Crippen LogP contribution < -0.4 is 4.74 Å². The highest BCUT2D eigenvalue weighted by Gasteiger charge is 2.55. The Labute approximate surface area is 193 Å². The van der Waals surface area contributed by atoms with E-state index in [0.717, 1.165) is 17.8 Å². The monoisotopic (exact) mass is 468 g/mol. The number of para-hydroxylation sites is 1. The molecule has 9 heteroatoms. The van der Waals surface area contributed by atoms with Gasteiger partial charge in [-0.1, -0.05) is 18.2 Å². The number of aliphatic hydroxyl groups is 1. The predicted molar refractivity (Wildman–Crippen MR) is 119 cm³/mol. The van der Waals surface area contributed by atoms with Gasteiger partial charge in [-0.15, -0.1) is 0 Å². The molecule has 0 radical (unpaired) electrons. The zero-order valence-corrected chi connectivity index (χ0v) is 18.6. The number of fused-ring (bicyclic) bond motifs is 5. The SMILES string of the molecule is CC(C)(O)Cn1cc(-c2cc3c(cc2F)nc2n3[C@@H](c3ccccc3OC(F)F)C3C[C@@H]23)cn1. The number of benzene rings is 2. The van der Waals surface area contributed by atoms with Gasteiger partial charge in [-0.2, -0.15) is 13.9 Å². The lowest BCUT2D eigenvalue weighted by Gasteiger charge is -2.21. The molecule has 1 aliphatic heterocycles. The normalized spacial score (nSPS) is 21.2. The van der Waals surface area contributed by atoms with E-state index in [1.807, 2.05) is 16.7 Å². The van der Waals surface area contributed by atoms with Crippen molar-refractivity contribution < 1.29 is 23.0 Å². The molecule has 1 fully saturated rings. The first-order chi connectivity index (χ1) is 16.2. The third kappa shape index (κ3) is 3.46. The number of rotatable bonds is 6. The molecular weight excluding hydrogens is 445 g/mol. The van der Waals surface area contributed by atoms with Crippen molar-refractivity contribution in [3.63, 3.8) is 0 Å². The largest absolute Gasteiger partial charge is 0.434 e. The molecule has 6 rings (SSSR count). The Morgan fingerprint density at radius 3 is 2.79 bits per heavy atom. The molecule has 1 aliphatic carbocycles. The fourth-order valence-corrected chi connectivity index (χ4v) is 5.25. The standard InChI is InChI=1S/C25H23F3N4O2/c1-25(2,33)12-31-11-13(10-29-31)15-8-20-19(9-18(15)26)30-23-17-7-16(17)22(32(20)23)14-5-3-4-6-21(14)34-24(27)28/h3-6,8-11,16-17,22,24,33H,7,12H2,1-2H3/t16?,17-,22+/m1/s1. The molecule has 1 N–H and O–H groups in total. The molecule has 0 bridgehead atoms. The second kappa shape index (κ2) is 7.33. The number of hydrogen-bond donors (Lipinski definition) is 1. The van der Waals surface area contributed by atoms with E-state index in [9.17, 15) is 13.9 Å². The van der Waals surface area contributed by atoms with E-state index >= 15 is 4.39 Å². The van der Waals surface area contributed by atoms with Crippen molar-refractivity contribution >= 4 is 11.0 Å². The maximum Gasteiger partial charge on any atom is 0.387 e. The van der Waals surface area contributed by atoms with E-state index in [0.29, 0.717) is 22.2 Å². The Morgan fingerprint density at radius 1 is 1.24 bits per heavy atom. The minimum Gasteiger partial charge on any atom is -0.434 e. The molecule has 34 heavy (non-hydrogen) atoms. The van der Waals surface area contributed by atoms with Crippen molar-refractivity contribution in [2.24, 2.45) is 5.92 Å². The maximum atomic E-state index is 15.1. The molecule has 2 aromatic heterocycles. The Hall–Kier alpha value is -3.33. The number of halogens is 3. The van der Waals surface area contributed by atoms with Gasteiger partial charge < -0.3 is 14.4 Å². The van der Waals surface area contributed by atoms with Crippen LogP contribution in [0.3, 0.4) is 0 Å². The lowest BCUT2D eigenvalue weighted by molar-refractivity contribution is -0.0507. The molecule has 0 spiro atoms. The van der Waals surface area contributed by atoms with Crippen LogP contribution in [-0.2, 0) is 6.54 Å². The summed E-state index contributed by atoms with van der Waals surface area (Å²) in [5.41, 5.74) is 1.94. The maximum absolute atomic E-state index is 15.1. The van der Waals surface area contributed by atoms with Gasteiger partial charge in [0.15, 0.2) is 0 Å². The van der Waals surface area contributed by atoms with Gasteiger partial charge in [0.05, 0.1) is 35.4 Å². The average Bonchev–Trinajstić information content (AvgIpc) is 3.08. The number of alkyl halides is 2. The molecule has 2 aliphatic rings. The third-order valence-electron chi connectivity index (χ3n) is 6.61. The van der Waals surface area contributed by atoms with Gasteiger partial charge in [0.2, 0.25) is 0 Å². The predicted octanol–water partition coefficient (Wildman–Crippen LogP) is 5.12. The van der Waals surface area contributed by atoms with Crippen LogP contribution in [0.15, 0.2) is 48.8 Å². The summed E-state index contributed by atoms with van der Waals surface area (Å²) in [6.45, 7) is 0.707. The average molecular weight is 468 g/mol. The van der Waals surface area contributed by atoms with E-state index < -0.39 is 18.0 Å². The van der Waals surface area contributed by atoms with E-state index in [1.54, 1.807) is 49.1 Å². The molecular formula is C25H23F3N4O2. The fourth-order valence-electron chi connectivity index (χ4n) is 5.25. The van der Waals surface area contributed by atoms with Gasteiger partial charge >= 0.3 is 6.61 Å². The van der Waals surface area contributed by atoms with Crippen LogP contribution in [0, 0.1) is 11.7 Å². The van der Waals surface area contributed by atoms with Crippen LogP contribution in [0.4, 0.5) is 13.2 Å². The lowest BCUT2D eigenvalue weighted by Crippen LogP contribution is -2.26. The summed E-state index contributed by atoms with van der Waals surface area (Å²) in [5, 5.41) is 14.3. The van der Waals surface area contributed by atoms with Crippen LogP contribution in [-0.4, -0.2) is 36.7 Å². The van der Waals surface area contributed by atoms with Crippen molar-refractivity contribution in [1.82, 2.24) is 19.3 Å². The highest BCUT2D eigenvalue weighted by atomic mass is 19.3. The molecule has 176 valence electrons.